The molecule has 1 fully saturated rings. The van der Waals surface area contributed by atoms with Crippen molar-refractivity contribution in [1.29, 1.82) is 0 Å². The Morgan fingerprint density at radius 1 is 0.625 bits per heavy atom. The minimum Gasteiger partial charge on any atom is -0.461 e. The number of carbonyl (C=O) groups is 4. The summed E-state index contributed by atoms with van der Waals surface area (Å²) in [6, 6.07) is 18.0. The van der Waals surface area contributed by atoms with Crippen LogP contribution in [0.4, 0.5) is 0 Å². The number of hydrogen-bond acceptors (Lipinski definition) is 9. The van der Waals surface area contributed by atoms with E-state index in [0.29, 0.717) is 15.1 Å². The molecule has 4 rings (SSSR count). The van der Waals surface area contributed by atoms with Crippen LogP contribution in [0, 0.1) is 0 Å². The second kappa shape index (κ2) is 13.4. The molecule has 4 atom stereocenters. The molecule has 0 saturated carbocycles. The van der Waals surface area contributed by atoms with Gasteiger partial charge in [0.1, 0.15) is 6.61 Å². The zero-order valence-electron chi connectivity index (χ0n) is 20.8. The van der Waals surface area contributed by atoms with Crippen LogP contribution in [0.3, 0.4) is 0 Å². The Morgan fingerprint density at radius 3 is 1.45 bits per heavy atom. The normalized spacial score (nSPS) is 19.9. The lowest BCUT2D eigenvalue weighted by molar-refractivity contribution is -0.148. The summed E-state index contributed by atoms with van der Waals surface area (Å²) < 4.78 is 22.4. The predicted octanol–water partition coefficient (Wildman–Crippen LogP) is 6.26. The quantitative estimate of drug-likeness (QED) is 0.212. The number of halogens is 3. The topological polar surface area (TPSA) is 105 Å². The van der Waals surface area contributed by atoms with Gasteiger partial charge in [-0.2, -0.15) is 0 Å². The Bertz CT molecular complexity index is 1380. The minimum absolute atomic E-state index is 0.177. The zero-order valence-corrected chi connectivity index (χ0v) is 23.8. The van der Waals surface area contributed by atoms with E-state index in [-0.39, 0.29) is 23.3 Å². The zero-order chi connectivity index (χ0) is 28.8. The Kier molecular flexibility index (Phi) is 9.97. The lowest BCUT2D eigenvalue weighted by Crippen LogP contribution is -2.42. The molecule has 1 unspecified atom stereocenters. The van der Waals surface area contributed by atoms with Gasteiger partial charge < -0.3 is 18.9 Å². The lowest BCUT2D eigenvalue weighted by atomic mass is 10.1. The maximum atomic E-state index is 13.1. The van der Waals surface area contributed by atoms with Gasteiger partial charge in [0, 0.05) is 22.0 Å². The van der Waals surface area contributed by atoms with Crippen molar-refractivity contribution >= 4 is 70.4 Å². The van der Waals surface area contributed by atoms with Crippen LogP contribution in [0.25, 0.3) is 0 Å². The first kappa shape index (κ1) is 29.7. The van der Waals surface area contributed by atoms with Crippen LogP contribution in [0.5, 0.6) is 0 Å². The van der Waals surface area contributed by atoms with Gasteiger partial charge in [0.05, 0.1) is 21.9 Å². The second-order valence-electron chi connectivity index (χ2n) is 8.51. The van der Waals surface area contributed by atoms with E-state index in [1.54, 1.807) is 12.1 Å². The van der Waals surface area contributed by atoms with Gasteiger partial charge in [-0.25, -0.2) is 14.4 Å². The van der Waals surface area contributed by atoms with Crippen LogP contribution >= 0.6 is 46.6 Å². The summed E-state index contributed by atoms with van der Waals surface area (Å²) in [4.78, 5) is 50.6. The Labute approximate surface area is 248 Å². The fraction of sp³-hybridized carbons (Fsp3) is 0.214. The summed E-state index contributed by atoms with van der Waals surface area (Å²) in [5.74, 6) is -2.80. The summed E-state index contributed by atoms with van der Waals surface area (Å²) in [5.41, 5.74) is -0.443. The van der Waals surface area contributed by atoms with Crippen LogP contribution in [-0.2, 0) is 23.7 Å². The summed E-state index contributed by atoms with van der Waals surface area (Å²) >= 11 is 18.8. The van der Waals surface area contributed by atoms with Crippen molar-refractivity contribution in [3.63, 3.8) is 0 Å². The van der Waals surface area contributed by atoms with E-state index in [9.17, 15) is 19.2 Å². The molecule has 0 bridgehead atoms. The first-order chi connectivity index (χ1) is 19.1. The molecule has 8 nitrogen and oxygen atoms in total. The molecule has 208 valence electrons. The van der Waals surface area contributed by atoms with Gasteiger partial charge in [0.25, 0.3) is 0 Å². The standard InChI is InChI=1S/C28H21Cl3O8S/c1-15(32)37-28-24(39-27(35)18-6-12-21(31)13-7-18)23(38-26(34)17-4-10-20(30)11-5-17)22(40-28)14-36-25(33)16-2-8-19(29)9-3-16/h2-13,22-24,28H,14H2,1H3/t22-,23+,24-,28?/m1/s1. The molecule has 1 aliphatic rings. The average molecular weight is 624 g/mol. The number of esters is 4. The summed E-state index contributed by atoms with van der Waals surface area (Å²) in [5, 5.41) is 0.527. The molecular weight excluding hydrogens is 603 g/mol. The second-order valence-corrected chi connectivity index (χ2v) is 11.2. The highest BCUT2D eigenvalue weighted by molar-refractivity contribution is 8.00. The van der Waals surface area contributed by atoms with Crippen LogP contribution in [0.15, 0.2) is 72.8 Å². The average Bonchev–Trinajstić information content (AvgIpc) is 3.22. The first-order valence-electron chi connectivity index (χ1n) is 11.8. The monoisotopic (exact) mass is 622 g/mol. The third-order valence-electron chi connectivity index (χ3n) is 5.65. The maximum absolute atomic E-state index is 13.1. The fourth-order valence-electron chi connectivity index (χ4n) is 3.73. The first-order valence-corrected chi connectivity index (χ1v) is 13.9. The van der Waals surface area contributed by atoms with Gasteiger partial charge in [-0.15, -0.1) is 11.8 Å². The highest BCUT2D eigenvalue weighted by atomic mass is 35.5. The Hall–Kier alpha value is -3.24. The molecule has 40 heavy (non-hydrogen) atoms. The summed E-state index contributed by atoms with van der Waals surface area (Å²) in [7, 11) is 0. The Balaban J connectivity index is 1.59. The highest BCUT2D eigenvalue weighted by Crippen LogP contribution is 2.40. The van der Waals surface area contributed by atoms with Gasteiger partial charge in [0.15, 0.2) is 17.6 Å². The van der Waals surface area contributed by atoms with Crippen molar-refractivity contribution in [2.75, 3.05) is 6.61 Å². The van der Waals surface area contributed by atoms with Gasteiger partial charge >= 0.3 is 23.9 Å². The fourth-order valence-corrected chi connectivity index (χ4v) is 5.52. The molecule has 1 aliphatic heterocycles. The van der Waals surface area contributed by atoms with E-state index >= 15 is 0 Å². The van der Waals surface area contributed by atoms with Gasteiger partial charge in [-0.3, -0.25) is 4.79 Å². The highest BCUT2D eigenvalue weighted by Gasteiger charge is 2.51. The van der Waals surface area contributed by atoms with E-state index in [2.05, 4.69) is 0 Å². The van der Waals surface area contributed by atoms with Gasteiger partial charge in [-0.05, 0) is 72.8 Å². The number of thioether (sulfide) groups is 1. The van der Waals surface area contributed by atoms with Crippen LogP contribution in [0.2, 0.25) is 15.1 Å². The molecule has 0 radical (unpaired) electrons. The van der Waals surface area contributed by atoms with Crippen molar-refractivity contribution < 1.29 is 38.1 Å². The van der Waals surface area contributed by atoms with E-state index in [1.807, 2.05) is 0 Å². The molecule has 0 aliphatic carbocycles. The molecule has 0 spiro atoms. The number of carbonyl (C=O) groups excluding carboxylic acids is 4. The number of ether oxygens (including phenoxy) is 4. The van der Waals surface area contributed by atoms with Crippen molar-refractivity contribution in [2.45, 2.75) is 29.8 Å². The van der Waals surface area contributed by atoms with Crippen molar-refractivity contribution in [3.8, 4) is 0 Å². The molecule has 0 aromatic heterocycles. The third-order valence-corrected chi connectivity index (χ3v) is 7.80. The smallest absolute Gasteiger partial charge is 0.338 e. The van der Waals surface area contributed by atoms with E-state index in [0.717, 1.165) is 11.8 Å². The molecule has 3 aromatic rings. The molecular formula is C28H21Cl3O8S. The van der Waals surface area contributed by atoms with E-state index < -0.39 is 46.8 Å². The number of rotatable bonds is 8. The van der Waals surface area contributed by atoms with Crippen LogP contribution in [-0.4, -0.2) is 53.4 Å². The Morgan fingerprint density at radius 2 is 1.02 bits per heavy atom. The number of hydrogen-bond donors (Lipinski definition) is 0. The SMILES string of the molecule is CC(=O)OC1S[C@H](COC(=O)c2ccc(Cl)cc2)[C@H](OC(=O)c2ccc(Cl)cc2)[C@H]1OC(=O)c1ccc(Cl)cc1. The van der Waals surface area contributed by atoms with E-state index in [4.69, 9.17) is 53.8 Å². The van der Waals surface area contributed by atoms with Gasteiger partial charge in [0.2, 0.25) is 0 Å². The number of benzene rings is 3. The maximum Gasteiger partial charge on any atom is 0.338 e. The summed E-state index contributed by atoms with van der Waals surface area (Å²) in [6.45, 7) is 0.943. The van der Waals surface area contributed by atoms with Crippen molar-refractivity contribution in [3.05, 3.63) is 105 Å². The minimum atomic E-state index is -1.23. The largest absolute Gasteiger partial charge is 0.461 e. The van der Waals surface area contributed by atoms with E-state index in [1.165, 1.54) is 67.6 Å². The van der Waals surface area contributed by atoms with Gasteiger partial charge in [-0.1, -0.05) is 34.8 Å². The third kappa shape index (κ3) is 7.69. The molecule has 1 saturated heterocycles. The molecule has 3 aromatic carbocycles. The molecule has 0 N–H and O–H groups in total. The van der Waals surface area contributed by atoms with Crippen molar-refractivity contribution in [2.24, 2.45) is 0 Å². The molecule has 1 heterocycles. The van der Waals surface area contributed by atoms with Crippen LogP contribution in [0.1, 0.15) is 38.0 Å². The molecule has 0 amide bonds. The predicted molar refractivity (Wildman–Crippen MR) is 150 cm³/mol. The lowest BCUT2D eigenvalue weighted by Gasteiger charge is -2.25. The van der Waals surface area contributed by atoms with Crippen LogP contribution < -0.4 is 0 Å². The molecule has 12 heteroatoms. The van der Waals surface area contributed by atoms with Crippen molar-refractivity contribution in [1.82, 2.24) is 0 Å². The summed E-state index contributed by atoms with van der Waals surface area (Å²) in [6.07, 6.45) is -2.39.